The summed E-state index contributed by atoms with van der Waals surface area (Å²) in [5.41, 5.74) is 7.34. The van der Waals surface area contributed by atoms with E-state index in [0.717, 1.165) is 36.4 Å². The number of anilines is 1. The van der Waals surface area contributed by atoms with Gasteiger partial charge in [0.1, 0.15) is 5.75 Å². The maximum absolute atomic E-state index is 5.88. The third kappa shape index (κ3) is 3.70. The lowest BCUT2D eigenvalue weighted by molar-refractivity contribution is 0.104. The fraction of sp³-hybridized carbons (Fsp3) is 0.667. The predicted octanol–water partition coefficient (Wildman–Crippen LogP) is 3.69. The number of benzene rings is 1. The lowest BCUT2D eigenvalue weighted by atomic mass is 9.77. The van der Waals surface area contributed by atoms with Crippen molar-refractivity contribution < 1.29 is 4.74 Å². The molecule has 21 heavy (non-hydrogen) atoms. The van der Waals surface area contributed by atoms with Crippen molar-refractivity contribution in [3.8, 4) is 5.75 Å². The van der Waals surface area contributed by atoms with Gasteiger partial charge in [-0.1, -0.05) is 25.0 Å². The Hall–Kier alpha value is -1.22. The molecular weight excluding hydrogens is 260 g/mol. The van der Waals surface area contributed by atoms with E-state index in [-0.39, 0.29) is 0 Å². The zero-order chi connectivity index (χ0) is 14.5. The minimum absolute atomic E-state index is 0.728. The number of likely N-dealkylation sites (tertiary alicyclic amines) is 1. The van der Waals surface area contributed by atoms with Crippen LogP contribution in [0.2, 0.25) is 0 Å². The monoisotopic (exact) mass is 288 g/mol. The van der Waals surface area contributed by atoms with Gasteiger partial charge in [-0.15, -0.1) is 0 Å². The molecule has 116 valence electrons. The Morgan fingerprint density at radius 1 is 1.05 bits per heavy atom. The van der Waals surface area contributed by atoms with E-state index in [2.05, 4.69) is 4.90 Å². The number of nitrogens with two attached hydrogens (primary N) is 1. The summed E-state index contributed by atoms with van der Waals surface area (Å²) in [7, 11) is 0. The van der Waals surface area contributed by atoms with Gasteiger partial charge in [0.15, 0.2) is 0 Å². The molecule has 1 spiro atoms. The normalized spacial score (nSPS) is 21.7. The molecule has 1 aliphatic heterocycles. The van der Waals surface area contributed by atoms with Crippen LogP contribution in [0.5, 0.6) is 5.75 Å². The first-order valence-corrected chi connectivity index (χ1v) is 8.47. The fourth-order valence-electron chi connectivity index (χ4n) is 3.96. The molecule has 1 saturated carbocycles. The molecule has 2 fully saturated rings. The van der Waals surface area contributed by atoms with Gasteiger partial charge in [-0.2, -0.15) is 0 Å². The fourth-order valence-corrected chi connectivity index (χ4v) is 3.96. The van der Waals surface area contributed by atoms with E-state index in [1.54, 1.807) is 0 Å². The Morgan fingerprint density at radius 3 is 2.48 bits per heavy atom. The molecule has 1 aliphatic carbocycles. The molecule has 3 nitrogen and oxygen atoms in total. The maximum atomic E-state index is 5.88. The van der Waals surface area contributed by atoms with Crippen molar-refractivity contribution in [2.45, 2.75) is 44.9 Å². The molecule has 0 bridgehead atoms. The van der Waals surface area contributed by atoms with Gasteiger partial charge in [-0.3, -0.25) is 0 Å². The highest BCUT2D eigenvalue weighted by Crippen LogP contribution is 2.46. The topological polar surface area (TPSA) is 38.5 Å². The number of nitrogen functional groups attached to an aromatic ring is 1. The number of hydrogen-bond donors (Lipinski definition) is 1. The highest BCUT2D eigenvalue weighted by Gasteiger charge is 2.36. The van der Waals surface area contributed by atoms with Crippen LogP contribution in [0.25, 0.3) is 0 Å². The molecule has 1 saturated heterocycles. The largest absolute Gasteiger partial charge is 0.491 e. The highest BCUT2D eigenvalue weighted by molar-refractivity contribution is 5.51. The van der Waals surface area contributed by atoms with Crippen LogP contribution < -0.4 is 10.5 Å². The Balaban J connectivity index is 1.34. The van der Waals surface area contributed by atoms with Gasteiger partial charge in [0, 0.05) is 6.54 Å². The molecule has 0 unspecified atom stereocenters. The van der Waals surface area contributed by atoms with E-state index >= 15 is 0 Å². The number of nitrogens with zero attached hydrogens (tertiary/aromatic N) is 1. The first-order valence-electron chi connectivity index (χ1n) is 8.47. The molecule has 0 amide bonds. The third-order valence-electron chi connectivity index (χ3n) is 5.38. The molecule has 3 heteroatoms. The van der Waals surface area contributed by atoms with Crippen molar-refractivity contribution in [1.82, 2.24) is 4.90 Å². The molecule has 2 aliphatic rings. The van der Waals surface area contributed by atoms with Crippen molar-refractivity contribution in [1.29, 1.82) is 0 Å². The van der Waals surface area contributed by atoms with Crippen LogP contribution in [-0.4, -0.2) is 31.1 Å². The second kappa shape index (κ2) is 6.69. The lowest BCUT2D eigenvalue weighted by Crippen LogP contribution is -2.39. The van der Waals surface area contributed by atoms with E-state index < -0.39 is 0 Å². The Morgan fingerprint density at radius 2 is 1.76 bits per heavy atom. The van der Waals surface area contributed by atoms with Crippen LogP contribution in [0.4, 0.5) is 5.69 Å². The summed E-state index contributed by atoms with van der Waals surface area (Å²) in [6.45, 7) is 4.49. The molecule has 3 rings (SSSR count). The maximum Gasteiger partial charge on any atom is 0.142 e. The van der Waals surface area contributed by atoms with Crippen molar-refractivity contribution in [2.75, 3.05) is 32.0 Å². The van der Waals surface area contributed by atoms with Gasteiger partial charge in [0.25, 0.3) is 0 Å². The van der Waals surface area contributed by atoms with Gasteiger partial charge >= 0.3 is 0 Å². The summed E-state index contributed by atoms with van der Waals surface area (Å²) in [5.74, 6) is 0.820. The molecule has 2 N–H and O–H groups in total. The van der Waals surface area contributed by atoms with E-state index in [0.29, 0.717) is 0 Å². The standard InChI is InChI=1S/C18H28N2O/c19-16-6-1-2-7-17(16)21-15-5-12-20-13-10-18(11-14-20)8-3-4-9-18/h1-2,6-7H,3-5,8-15,19H2. The Labute approximate surface area is 128 Å². The van der Waals surface area contributed by atoms with E-state index in [1.165, 1.54) is 51.6 Å². The number of rotatable bonds is 5. The summed E-state index contributed by atoms with van der Waals surface area (Å²) < 4.78 is 5.77. The van der Waals surface area contributed by atoms with Crippen LogP contribution in [0.1, 0.15) is 44.9 Å². The molecule has 1 heterocycles. The molecule has 1 aromatic carbocycles. The van der Waals surface area contributed by atoms with Crippen LogP contribution in [0.3, 0.4) is 0 Å². The van der Waals surface area contributed by atoms with E-state index in [1.807, 2.05) is 24.3 Å². The van der Waals surface area contributed by atoms with Gasteiger partial charge in [-0.25, -0.2) is 0 Å². The quantitative estimate of drug-likeness (QED) is 0.663. The lowest BCUT2D eigenvalue weighted by Gasteiger charge is -2.39. The minimum atomic E-state index is 0.728. The summed E-state index contributed by atoms with van der Waals surface area (Å²) in [4.78, 5) is 2.61. The summed E-state index contributed by atoms with van der Waals surface area (Å²) >= 11 is 0. The summed E-state index contributed by atoms with van der Waals surface area (Å²) in [6.07, 6.45) is 9.81. The van der Waals surface area contributed by atoms with E-state index in [4.69, 9.17) is 10.5 Å². The second-order valence-electron chi connectivity index (χ2n) is 6.79. The van der Waals surface area contributed by atoms with Gasteiger partial charge in [0.2, 0.25) is 0 Å². The van der Waals surface area contributed by atoms with Crippen molar-refractivity contribution in [2.24, 2.45) is 5.41 Å². The van der Waals surface area contributed by atoms with Crippen LogP contribution in [-0.2, 0) is 0 Å². The first kappa shape index (κ1) is 14.7. The Kier molecular flexibility index (Phi) is 4.69. The van der Waals surface area contributed by atoms with Gasteiger partial charge in [0.05, 0.1) is 12.3 Å². The first-order chi connectivity index (χ1) is 10.3. The zero-order valence-corrected chi connectivity index (χ0v) is 13.0. The van der Waals surface area contributed by atoms with Crippen molar-refractivity contribution >= 4 is 5.69 Å². The molecule has 0 radical (unpaired) electrons. The van der Waals surface area contributed by atoms with Crippen molar-refractivity contribution in [3.63, 3.8) is 0 Å². The molecule has 0 aromatic heterocycles. The number of para-hydroxylation sites is 2. The summed E-state index contributed by atoms with van der Waals surface area (Å²) in [5, 5.41) is 0. The minimum Gasteiger partial charge on any atom is -0.491 e. The van der Waals surface area contributed by atoms with Gasteiger partial charge in [-0.05, 0) is 62.7 Å². The number of piperidine rings is 1. The molecular formula is C18H28N2O. The number of ether oxygens (including phenoxy) is 1. The SMILES string of the molecule is Nc1ccccc1OCCCN1CCC2(CCCC2)CC1. The average Bonchev–Trinajstić information content (AvgIpc) is 2.96. The zero-order valence-electron chi connectivity index (χ0n) is 13.0. The highest BCUT2D eigenvalue weighted by atomic mass is 16.5. The smallest absolute Gasteiger partial charge is 0.142 e. The summed E-state index contributed by atoms with van der Waals surface area (Å²) in [6, 6.07) is 7.74. The van der Waals surface area contributed by atoms with Crippen molar-refractivity contribution in [3.05, 3.63) is 24.3 Å². The van der Waals surface area contributed by atoms with Crippen LogP contribution >= 0.6 is 0 Å². The Bertz CT molecular complexity index is 444. The molecule has 1 aromatic rings. The van der Waals surface area contributed by atoms with Crippen LogP contribution in [0.15, 0.2) is 24.3 Å². The third-order valence-corrected chi connectivity index (χ3v) is 5.38. The average molecular weight is 288 g/mol. The van der Waals surface area contributed by atoms with Crippen LogP contribution in [0, 0.1) is 5.41 Å². The molecule has 0 atom stereocenters. The predicted molar refractivity (Wildman–Crippen MR) is 87.5 cm³/mol. The van der Waals surface area contributed by atoms with E-state index in [9.17, 15) is 0 Å². The van der Waals surface area contributed by atoms with Gasteiger partial charge < -0.3 is 15.4 Å². The number of hydrogen-bond acceptors (Lipinski definition) is 3. The second-order valence-corrected chi connectivity index (χ2v) is 6.79.